The van der Waals surface area contributed by atoms with Gasteiger partial charge in [-0.15, -0.1) is 11.3 Å². The van der Waals surface area contributed by atoms with Crippen LogP contribution < -0.4 is 0 Å². The molecule has 3 aromatic heterocycles. The van der Waals surface area contributed by atoms with Crippen molar-refractivity contribution in [3.63, 3.8) is 0 Å². The van der Waals surface area contributed by atoms with Crippen molar-refractivity contribution < 1.29 is 9.53 Å². The molecule has 5 heterocycles. The van der Waals surface area contributed by atoms with E-state index in [0.717, 1.165) is 41.4 Å². The molecular weight excluding hydrogens is 386 g/mol. The number of aromatic nitrogens is 4. The van der Waals surface area contributed by atoms with Crippen molar-refractivity contribution in [1.29, 1.82) is 0 Å². The molecule has 1 amide bonds. The first-order valence-corrected chi connectivity index (χ1v) is 10.7. The summed E-state index contributed by atoms with van der Waals surface area (Å²) in [7, 11) is 0. The molecule has 0 aliphatic carbocycles. The third-order valence-electron chi connectivity index (χ3n) is 5.83. The summed E-state index contributed by atoms with van der Waals surface area (Å²) in [5.74, 6) is 0.727. The fourth-order valence-corrected chi connectivity index (χ4v) is 5.08. The van der Waals surface area contributed by atoms with Crippen LogP contribution in [0.5, 0.6) is 0 Å². The average Bonchev–Trinajstić information content (AvgIpc) is 3.38. The topological polar surface area (TPSA) is 84.0 Å². The molecule has 0 radical (unpaired) electrons. The standard InChI is InChI=1S/C21H23N5O2S/c1-13-3-4-18(29-13)16-11-17(25-24-16)20(27)26-8-6-21(7-9-26)19-15(5-10-28-21)12-22-14(2)23-19/h3-4,11-12H,5-10H2,1-2H3,(H,24,25). The van der Waals surface area contributed by atoms with Crippen molar-refractivity contribution in [3.8, 4) is 10.6 Å². The van der Waals surface area contributed by atoms with Crippen LogP contribution in [0.4, 0.5) is 0 Å². The summed E-state index contributed by atoms with van der Waals surface area (Å²) in [4.78, 5) is 26.2. The second-order valence-corrected chi connectivity index (χ2v) is 9.04. The number of carbonyl (C=O) groups is 1. The fraction of sp³-hybridized carbons (Fsp3) is 0.429. The summed E-state index contributed by atoms with van der Waals surface area (Å²) in [5, 5.41) is 7.27. The number of rotatable bonds is 2. The van der Waals surface area contributed by atoms with Crippen molar-refractivity contribution in [2.45, 2.75) is 38.7 Å². The van der Waals surface area contributed by atoms with E-state index in [0.29, 0.717) is 25.4 Å². The van der Waals surface area contributed by atoms with Gasteiger partial charge in [-0.2, -0.15) is 5.10 Å². The van der Waals surface area contributed by atoms with Gasteiger partial charge in [-0.25, -0.2) is 9.97 Å². The molecule has 1 spiro atoms. The lowest BCUT2D eigenvalue weighted by Crippen LogP contribution is -2.49. The lowest BCUT2D eigenvalue weighted by molar-refractivity contribution is -0.0969. The zero-order chi connectivity index (χ0) is 20.0. The number of hydrogen-bond donors (Lipinski definition) is 1. The number of thiophene rings is 1. The molecule has 7 nitrogen and oxygen atoms in total. The van der Waals surface area contributed by atoms with Crippen molar-refractivity contribution >= 4 is 17.2 Å². The monoisotopic (exact) mass is 409 g/mol. The van der Waals surface area contributed by atoms with Gasteiger partial charge >= 0.3 is 0 Å². The number of nitrogens with one attached hydrogen (secondary N) is 1. The minimum Gasteiger partial charge on any atom is -0.368 e. The van der Waals surface area contributed by atoms with E-state index in [1.807, 2.05) is 30.2 Å². The van der Waals surface area contributed by atoms with Crippen LogP contribution in [-0.2, 0) is 16.8 Å². The summed E-state index contributed by atoms with van der Waals surface area (Å²) < 4.78 is 6.24. The minimum absolute atomic E-state index is 0.0365. The highest BCUT2D eigenvalue weighted by Crippen LogP contribution is 2.40. The van der Waals surface area contributed by atoms with Crippen molar-refractivity contribution in [2.24, 2.45) is 0 Å². The quantitative estimate of drug-likeness (QED) is 0.702. The van der Waals surface area contributed by atoms with E-state index < -0.39 is 5.60 Å². The highest BCUT2D eigenvalue weighted by atomic mass is 32.1. The highest BCUT2D eigenvalue weighted by Gasteiger charge is 2.43. The van der Waals surface area contributed by atoms with Crippen LogP contribution in [0.2, 0.25) is 0 Å². The number of piperidine rings is 1. The number of H-pyrrole nitrogens is 1. The Labute approximate surface area is 173 Å². The van der Waals surface area contributed by atoms with Crippen LogP contribution in [0.15, 0.2) is 24.4 Å². The number of amides is 1. The number of aromatic amines is 1. The zero-order valence-electron chi connectivity index (χ0n) is 16.6. The number of likely N-dealkylation sites (tertiary alicyclic amines) is 1. The van der Waals surface area contributed by atoms with Crippen LogP contribution in [0.25, 0.3) is 10.6 Å². The molecule has 2 aliphatic rings. The van der Waals surface area contributed by atoms with E-state index in [1.165, 1.54) is 10.4 Å². The lowest BCUT2D eigenvalue weighted by Gasteiger charge is -2.43. The van der Waals surface area contributed by atoms with Crippen molar-refractivity contribution in [2.75, 3.05) is 19.7 Å². The predicted molar refractivity (Wildman–Crippen MR) is 110 cm³/mol. The Morgan fingerprint density at radius 2 is 2.10 bits per heavy atom. The third kappa shape index (κ3) is 3.26. The molecule has 29 heavy (non-hydrogen) atoms. The molecule has 0 bridgehead atoms. The molecule has 0 aromatic carbocycles. The van der Waals surface area contributed by atoms with Gasteiger partial charge < -0.3 is 9.64 Å². The van der Waals surface area contributed by atoms with Gasteiger partial charge in [0.2, 0.25) is 0 Å². The molecular formula is C21H23N5O2S. The lowest BCUT2D eigenvalue weighted by atomic mass is 9.83. The molecule has 0 unspecified atom stereocenters. The van der Waals surface area contributed by atoms with Crippen LogP contribution in [0, 0.1) is 13.8 Å². The van der Waals surface area contributed by atoms with Gasteiger partial charge in [0.05, 0.1) is 22.9 Å². The first-order valence-electron chi connectivity index (χ1n) is 9.92. The summed E-state index contributed by atoms with van der Waals surface area (Å²) in [6.45, 7) is 5.91. The Balaban J connectivity index is 1.32. The molecule has 3 aromatic rings. The van der Waals surface area contributed by atoms with Crippen LogP contribution >= 0.6 is 11.3 Å². The average molecular weight is 410 g/mol. The SMILES string of the molecule is Cc1ncc2c(n1)C1(CCN(C(=O)c3cc(-c4ccc(C)s4)[nH]n3)CC1)OCC2. The largest absolute Gasteiger partial charge is 0.368 e. The second kappa shape index (κ2) is 7.03. The molecule has 1 saturated heterocycles. The smallest absolute Gasteiger partial charge is 0.274 e. The van der Waals surface area contributed by atoms with Gasteiger partial charge in [0, 0.05) is 24.2 Å². The molecule has 1 N–H and O–H groups in total. The minimum atomic E-state index is -0.400. The molecule has 2 aliphatic heterocycles. The van der Waals surface area contributed by atoms with Crippen molar-refractivity contribution in [3.05, 3.63) is 52.0 Å². The molecule has 150 valence electrons. The van der Waals surface area contributed by atoms with E-state index in [9.17, 15) is 4.79 Å². The van der Waals surface area contributed by atoms with Crippen LogP contribution in [0.1, 0.15) is 45.3 Å². The Morgan fingerprint density at radius 1 is 1.28 bits per heavy atom. The maximum atomic E-state index is 13.0. The third-order valence-corrected chi connectivity index (χ3v) is 6.86. The fourth-order valence-electron chi connectivity index (χ4n) is 4.25. The van der Waals surface area contributed by atoms with Crippen LogP contribution in [0.3, 0.4) is 0 Å². The Morgan fingerprint density at radius 3 is 2.86 bits per heavy atom. The summed E-state index contributed by atoms with van der Waals surface area (Å²) in [6, 6.07) is 5.97. The molecule has 8 heteroatoms. The number of fused-ring (bicyclic) bond motifs is 2. The molecule has 0 saturated carbocycles. The zero-order valence-corrected chi connectivity index (χ0v) is 17.4. The maximum Gasteiger partial charge on any atom is 0.274 e. The van der Waals surface area contributed by atoms with Gasteiger partial charge in [0.15, 0.2) is 5.69 Å². The van der Waals surface area contributed by atoms with Crippen LogP contribution in [-0.4, -0.2) is 50.7 Å². The van der Waals surface area contributed by atoms with Gasteiger partial charge in [-0.1, -0.05) is 0 Å². The first-order chi connectivity index (χ1) is 14.0. The number of ether oxygens (including phenoxy) is 1. The van der Waals surface area contributed by atoms with Gasteiger partial charge in [0.25, 0.3) is 5.91 Å². The second-order valence-electron chi connectivity index (χ2n) is 7.75. The van der Waals surface area contributed by atoms with E-state index in [2.05, 4.69) is 28.2 Å². The van der Waals surface area contributed by atoms with Gasteiger partial charge in [0.1, 0.15) is 11.4 Å². The highest BCUT2D eigenvalue weighted by molar-refractivity contribution is 7.15. The molecule has 5 rings (SSSR count). The summed E-state index contributed by atoms with van der Waals surface area (Å²) in [6.07, 6.45) is 4.25. The first kappa shape index (κ1) is 18.4. The normalized spacial score (nSPS) is 18.1. The maximum absolute atomic E-state index is 13.0. The van der Waals surface area contributed by atoms with Crippen molar-refractivity contribution in [1.82, 2.24) is 25.1 Å². The molecule has 0 atom stereocenters. The number of carbonyl (C=O) groups excluding carboxylic acids is 1. The predicted octanol–water partition coefficient (Wildman–Crippen LogP) is 3.25. The Hall–Kier alpha value is -2.58. The summed E-state index contributed by atoms with van der Waals surface area (Å²) in [5.41, 5.74) is 3.13. The van der Waals surface area contributed by atoms with E-state index >= 15 is 0 Å². The van der Waals surface area contributed by atoms with Gasteiger partial charge in [-0.05, 0) is 56.9 Å². The van der Waals surface area contributed by atoms with E-state index in [4.69, 9.17) is 9.72 Å². The Kier molecular flexibility index (Phi) is 4.48. The molecule has 1 fully saturated rings. The number of aryl methyl sites for hydroxylation is 2. The van der Waals surface area contributed by atoms with Gasteiger partial charge in [-0.3, -0.25) is 9.89 Å². The summed E-state index contributed by atoms with van der Waals surface area (Å²) >= 11 is 1.69. The van der Waals surface area contributed by atoms with E-state index in [-0.39, 0.29) is 5.91 Å². The Bertz CT molecular complexity index is 1060. The van der Waals surface area contributed by atoms with E-state index in [1.54, 1.807) is 11.3 Å². The number of hydrogen-bond acceptors (Lipinski definition) is 6. The number of nitrogens with zero attached hydrogens (tertiary/aromatic N) is 4.